The quantitative estimate of drug-likeness (QED) is 0.609. The third-order valence-electron chi connectivity index (χ3n) is 4.96. The monoisotopic (exact) mass is 405 g/mol. The van der Waals surface area contributed by atoms with Crippen molar-refractivity contribution in [3.8, 4) is 0 Å². The molecule has 0 aliphatic carbocycles. The van der Waals surface area contributed by atoms with Crippen molar-refractivity contribution >= 4 is 29.4 Å². The minimum atomic E-state index is -3.36. The zero-order chi connectivity index (χ0) is 20.9. The van der Waals surface area contributed by atoms with E-state index in [9.17, 15) is 14.2 Å². The van der Waals surface area contributed by atoms with E-state index in [0.717, 1.165) is 0 Å². The average molecular weight is 405 g/mol. The Balaban J connectivity index is 2.05. The van der Waals surface area contributed by atoms with Crippen LogP contribution in [0, 0.1) is 0 Å². The summed E-state index contributed by atoms with van der Waals surface area (Å²) in [5, 5.41) is 4.10. The van der Waals surface area contributed by atoms with Gasteiger partial charge in [0.05, 0.1) is 5.66 Å². The number of ketones is 1. The highest BCUT2D eigenvalue weighted by Crippen LogP contribution is 2.50. The largest absolute Gasteiger partial charge is 0.348 e. The van der Waals surface area contributed by atoms with Gasteiger partial charge in [0, 0.05) is 22.2 Å². The van der Waals surface area contributed by atoms with E-state index in [1.165, 1.54) is 6.92 Å². The molecule has 0 fully saturated rings. The van der Waals surface area contributed by atoms with Crippen molar-refractivity contribution in [2.24, 2.45) is 0 Å². The normalized spacial score (nSPS) is 13.3. The molecule has 2 atom stereocenters. The Labute approximate surface area is 171 Å². The van der Waals surface area contributed by atoms with Gasteiger partial charge in [-0.25, -0.2) is 0 Å². The summed E-state index contributed by atoms with van der Waals surface area (Å²) < 4.78 is 14.5. The van der Waals surface area contributed by atoms with Crippen LogP contribution in [-0.2, 0) is 9.36 Å². The number of hydrogen-bond acceptors (Lipinski definition) is 3. The van der Waals surface area contributed by atoms with Crippen LogP contribution >= 0.6 is 7.14 Å². The predicted octanol–water partition coefficient (Wildman–Crippen LogP) is 3.78. The SMILES string of the molecule is CC(=O)[C@@H]([C@@H](C)NC(=O)c1ccccc1)P(=O)(c1ccccc1)c1ccccc1. The Morgan fingerprint density at radius 1 is 0.759 bits per heavy atom. The van der Waals surface area contributed by atoms with Crippen molar-refractivity contribution in [1.82, 2.24) is 5.32 Å². The number of nitrogens with one attached hydrogen (secondary N) is 1. The van der Waals surface area contributed by atoms with Crippen molar-refractivity contribution in [3.05, 3.63) is 96.6 Å². The Morgan fingerprint density at radius 3 is 1.59 bits per heavy atom. The second-order valence-corrected chi connectivity index (χ2v) is 9.92. The van der Waals surface area contributed by atoms with Crippen molar-refractivity contribution in [3.63, 3.8) is 0 Å². The van der Waals surface area contributed by atoms with Crippen LogP contribution in [0.25, 0.3) is 0 Å². The van der Waals surface area contributed by atoms with Gasteiger partial charge in [0.1, 0.15) is 5.78 Å². The second-order valence-electron chi connectivity index (χ2n) is 7.01. The first-order chi connectivity index (χ1) is 13.9. The predicted molar refractivity (Wildman–Crippen MR) is 118 cm³/mol. The molecule has 0 aliphatic rings. The molecule has 0 saturated carbocycles. The van der Waals surface area contributed by atoms with Crippen LogP contribution in [0.2, 0.25) is 0 Å². The Morgan fingerprint density at radius 2 is 1.17 bits per heavy atom. The van der Waals surface area contributed by atoms with Gasteiger partial charge in [-0.1, -0.05) is 78.9 Å². The van der Waals surface area contributed by atoms with E-state index < -0.39 is 18.8 Å². The van der Waals surface area contributed by atoms with Gasteiger partial charge in [-0.15, -0.1) is 0 Å². The van der Waals surface area contributed by atoms with E-state index in [4.69, 9.17) is 0 Å². The lowest BCUT2D eigenvalue weighted by Crippen LogP contribution is -2.47. The molecule has 0 heterocycles. The molecule has 0 unspecified atom stereocenters. The summed E-state index contributed by atoms with van der Waals surface area (Å²) in [6, 6.07) is 26.3. The summed E-state index contributed by atoms with van der Waals surface area (Å²) in [6.07, 6.45) is 0. The topological polar surface area (TPSA) is 63.2 Å². The molecule has 0 aliphatic heterocycles. The number of carbonyl (C=O) groups is 2. The lowest BCUT2D eigenvalue weighted by atomic mass is 10.1. The number of rotatable bonds is 7. The molecule has 0 bridgehead atoms. The van der Waals surface area contributed by atoms with Crippen LogP contribution in [0.1, 0.15) is 24.2 Å². The molecule has 3 rings (SSSR count). The van der Waals surface area contributed by atoms with Crippen molar-refractivity contribution in [2.75, 3.05) is 0 Å². The second kappa shape index (κ2) is 9.02. The van der Waals surface area contributed by atoms with E-state index in [-0.39, 0.29) is 11.7 Å². The molecule has 5 heteroatoms. The van der Waals surface area contributed by atoms with Crippen LogP contribution in [0.5, 0.6) is 0 Å². The standard InChI is InChI=1S/C24H24NO3P/c1-18(25-24(27)20-12-6-3-7-13-20)23(19(2)26)29(28,21-14-8-4-9-15-21)22-16-10-5-11-17-22/h3-18,23H,1-2H3,(H,25,27)/t18-,23-/m1/s1. The smallest absolute Gasteiger partial charge is 0.251 e. The Hall–Kier alpha value is -2.97. The summed E-state index contributed by atoms with van der Waals surface area (Å²) in [7, 11) is -3.36. The fraction of sp³-hybridized carbons (Fsp3) is 0.167. The fourth-order valence-corrected chi connectivity index (χ4v) is 7.04. The minimum absolute atomic E-state index is 0.220. The molecule has 0 radical (unpaired) electrons. The van der Waals surface area contributed by atoms with Gasteiger partial charge in [0.25, 0.3) is 5.91 Å². The minimum Gasteiger partial charge on any atom is -0.348 e. The van der Waals surface area contributed by atoms with Crippen LogP contribution in [-0.4, -0.2) is 23.4 Å². The molecule has 148 valence electrons. The maximum atomic E-state index is 14.5. The molecule has 3 aromatic rings. The van der Waals surface area contributed by atoms with Gasteiger partial charge in [0.15, 0.2) is 7.14 Å². The zero-order valence-corrected chi connectivity index (χ0v) is 17.4. The zero-order valence-electron chi connectivity index (χ0n) is 16.5. The summed E-state index contributed by atoms with van der Waals surface area (Å²) in [4.78, 5) is 25.4. The van der Waals surface area contributed by atoms with Gasteiger partial charge < -0.3 is 9.88 Å². The molecule has 1 amide bonds. The maximum Gasteiger partial charge on any atom is 0.251 e. The van der Waals surface area contributed by atoms with Gasteiger partial charge in [-0.05, 0) is 26.0 Å². The summed E-state index contributed by atoms with van der Waals surface area (Å²) in [6.45, 7) is 3.18. The first-order valence-electron chi connectivity index (χ1n) is 9.52. The molecule has 0 saturated heterocycles. The van der Waals surface area contributed by atoms with E-state index in [1.807, 2.05) is 42.5 Å². The van der Waals surface area contributed by atoms with E-state index in [0.29, 0.717) is 16.2 Å². The third kappa shape index (κ3) is 4.38. The lowest BCUT2D eigenvalue weighted by molar-refractivity contribution is -0.117. The van der Waals surface area contributed by atoms with E-state index >= 15 is 0 Å². The van der Waals surface area contributed by atoms with Crippen LogP contribution < -0.4 is 15.9 Å². The number of Topliss-reactive ketones (excluding diaryl/α,β-unsaturated/α-hetero) is 1. The van der Waals surface area contributed by atoms with Crippen LogP contribution in [0.4, 0.5) is 0 Å². The first-order valence-corrected chi connectivity index (χ1v) is 11.3. The molecule has 0 aromatic heterocycles. The number of amides is 1. The average Bonchev–Trinajstić information content (AvgIpc) is 2.75. The summed E-state index contributed by atoms with van der Waals surface area (Å²) >= 11 is 0. The van der Waals surface area contributed by atoms with Crippen LogP contribution in [0.15, 0.2) is 91.0 Å². The van der Waals surface area contributed by atoms with E-state index in [2.05, 4.69) is 5.32 Å². The third-order valence-corrected chi connectivity index (χ3v) is 8.68. The number of carbonyl (C=O) groups excluding carboxylic acids is 2. The molecule has 4 nitrogen and oxygen atoms in total. The molecule has 3 aromatic carbocycles. The fourth-order valence-electron chi connectivity index (χ4n) is 3.65. The lowest BCUT2D eigenvalue weighted by Gasteiger charge is -2.31. The summed E-state index contributed by atoms with van der Waals surface area (Å²) in [5.41, 5.74) is -0.379. The van der Waals surface area contributed by atoms with Gasteiger partial charge in [-0.3, -0.25) is 9.59 Å². The maximum absolute atomic E-state index is 14.5. The first kappa shape index (κ1) is 20.8. The molecule has 0 spiro atoms. The van der Waals surface area contributed by atoms with Crippen molar-refractivity contribution < 1.29 is 14.2 Å². The number of hydrogen-bond donors (Lipinski definition) is 1. The molecule has 1 N–H and O–H groups in total. The van der Waals surface area contributed by atoms with Gasteiger partial charge in [-0.2, -0.15) is 0 Å². The number of benzene rings is 3. The van der Waals surface area contributed by atoms with Crippen molar-refractivity contribution in [2.45, 2.75) is 25.5 Å². The Kier molecular flexibility index (Phi) is 6.46. The highest BCUT2D eigenvalue weighted by Gasteiger charge is 2.43. The van der Waals surface area contributed by atoms with Gasteiger partial charge >= 0.3 is 0 Å². The molecule has 29 heavy (non-hydrogen) atoms. The molecular formula is C24H24NO3P. The highest BCUT2D eigenvalue weighted by molar-refractivity contribution is 7.80. The Bertz CT molecular complexity index is 976. The summed E-state index contributed by atoms with van der Waals surface area (Å²) in [5.74, 6) is -0.515. The molecular weight excluding hydrogens is 381 g/mol. The van der Waals surface area contributed by atoms with Gasteiger partial charge in [0.2, 0.25) is 0 Å². The van der Waals surface area contributed by atoms with E-state index in [1.54, 1.807) is 55.5 Å². The van der Waals surface area contributed by atoms with Crippen LogP contribution in [0.3, 0.4) is 0 Å². The van der Waals surface area contributed by atoms with Crippen molar-refractivity contribution in [1.29, 1.82) is 0 Å². The highest BCUT2D eigenvalue weighted by atomic mass is 31.2.